The highest BCUT2D eigenvalue weighted by Crippen LogP contribution is 2.48. The lowest BCUT2D eigenvalue weighted by Crippen LogP contribution is -1.92. The van der Waals surface area contributed by atoms with Crippen LogP contribution in [0, 0.1) is 0 Å². The summed E-state index contributed by atoms with van der Waals surface area (Å²) in [5, 5.41) is 15.3. The Bertz CT molecular complexity index is 4570. The van der Waals surface area contributed by atoms with Gasteiger partial charge in [0.2, 0.25) is 0 Å². The van der Waals surface area contributed by atoms with Crippen molar-refractivity contribution in [1.29, 1.82) is 0 Å². The van der Waals surface area contributed by atoms with Crippen molar-refractivity contribution in [3.63, 3.8) is 0 Å². The second kappa shape index (κ2) is 20.2. The van der Waals surface area contributed by atoms with Gasteiger partial charge in [0.15, 0.2) is 0 Å². The zero-order chi connectivity index (χ0) is 51.8. The summed E-state index contributed by atoms with van der Waals surface area (Å²) in [5.41, 5.74) is 17.6. The van der Waals surface area contributed by atoms with Crippen LogP contribution in [-0.4, -0.2) is 0 Å². The lowest BCUT2D eigenvalue weighted by atomic mass is 9.83. The van der Waals surface area contributed by atoms with Gasteiger partial charge in [-0.15, -0.1) is 0 Å². The number of fused-ring (bicyclic) bond motifs is 7. The quantitative estimate of drug-likeness (QED) is 0.110. The summed E-state index contributed by atoms with van der Waals surface area (Å²) in [6, 6.07) is 114. The molecule has 0 aliphatic carbocycles. The third-order valence-corrected chi connectivity index (χ3v) is 15.7. The Balaban J connectivity index is 0.000000142. The highest BCUT2D eigenvalue weighted by Gasteiger charge is 2.21. The number of hydrogen-bond donors (Lipinski definition) is 0. The first-order valence-electron chi connectivity index (χ1n) is 27.0. The van der Waals surface area contributed by atoms with E-state index < -0.39 is 0 Å². The minimum Gasteiger partial charge on any atom is -0.0622 e. The highest BCUT2D eigenvalue weighted by atomic mass is 14.2. The van der Waals surface area contributed by atoms with Crippen LogP contribution in [0.5, 0.6) is 0 Å². The maximum Gasteiger partial charge on any atom is -0.00201 e. The minimum atomic E-state index is 1.23. The number of rotatable bonds is 7. The van der Waals surface area contributed by atoms with Crippen LogP contribution < -0.4 is 0 Å². The van der Waals surface area contributed by atoms with Crippen LogP contribution in [0.4, 0.5) is 0 Å². The Labute approximate surface area is 455 Å². The SMILES string of the molecule is c1ccc(-c2ccc(-c3c4ccccc4c(-c4ccccc4-c4ccccc4)c4ccccc34)cc2)cc1.c1ccc(-c2ccccc2-c2c3ccccc3c(-c3ccc4ccc5ccccc5c4c3)c3ccccc23)cc1. The van der Waals surface area contributed by atoms with E-state index in [1.807, 2.05) is 0 Å². The van der Waals surface area contributed by atoms with Gasteiger partial charge in [0.1, 0.15) is 0 Å². The van der Waals surface area contributed by atoms with Crippen molar-refractivity contribution in [2.45, 2.75) is 0 Å². The highest BCUT2D eigenvalue weighted by molar-refractivity contribution is 6.24. The maximum atomic E-state index is 2.39. The molecule has 0 atom stereocenters. The first kappa shape index (κ1) is 46.4. The summed E-state index contributed by atoms with van der Waals surface area (Å²) in [6.45, 7) is 0. The van der Waals surface area contributed by atoms with Gasteiger partial charge in [0.05, 0.1) is 0 Å². The molecule has 364 valence electrons. The van der Waals surface area contributed by atoms with Gasteiger partial charge in [-0.25, -0.2) is 0 Å². The van der Waals surface area contributed by atoms with E-state index in [0.29, 0.717) is 0 Å². The smallest absolute Gasteiger partial charge is 0.00201 e. The first-order valence-corrected chi connectivity index (χ1v) is 27.0. The minimum absolute atomic E-state index is 1.23. The molecule has 0 aromatic heterocycles. The normalized spacial score (nSPS) is 11.3. The summed E-state index contributed by atoms with van der Waals surface area (Å²) >= 11 is 0. The Morgan fingerprint density at radius 2 is 0.397 bits per heavy atom. The van der Waals surface area contributed by atoms with Gasteiger partial charge >= 0.3 is 0 Å². The summed E-state index contributed by atoms with van der Waals surface area (Å²) in [6.07, 6.45) is 0. The maximum absolute atomic E-state index is 2.39. The Hall–Kier alpha value is -10.1. The fourth-order valence-electron chi connectivity index (χ4n) is 12.2. The van der Waals surface area contributed by atoms with Gasteiger partial charge in [0, 0.05) is 0 Å². The van der Waals surface area contributed by atoms with E-state index in [9.17, 15) is 0 Å². The molecule has 0 amide bonds. The Kier molecular flexibility index (Phi) is 12.0. The van der Waals surface area contributed by atoms with Crippen LogP contribution in [0.1, 0.15) is 0 Å². The van der Waals surface area contributed by atoms with Gasteiger partial charge in [0.25, 0.3) is 0 Å². The van der Waals surface area contributed by atoms with Crippen LogP contribution >= 0.6 is 0 Å². The van der Waals surface area contributed by atoms with Gasteiger partial charge in [-0.3, -0.25) is 0 Å². The van der Waals surface area contributed by atoms with Gasteiger partial charge in [-0.2, -0.15) is 0 Å². The molecule has 0 aliphatic rings. The average molecular weight is 989 g/mol. The molecule has 0 bridgehead atoms. The third kappa shape index (κ3) is 8.29. The van der Waals surface area contributed by atoms with E-state index >= 15 is 0 Å². The molecule has 15 aromatic rings. The van der Waals surface area contributed by atoms with E-state index in [1.54, 1.807) is 0 Å². The molecule has 0 heteroatoms. The Morgan fingerprint density at radius 3 is 0.833 bits per heavy atom. The lowest BCUT2D eigenvalue weighted by Gasteiger charge is -2.20. The summed E-state index contributed by atoms with van der Waals surface area (Å²) in [5.74, 6) is 0. The van der Waals surface area contributed by atoms with Crippen molar-refractivity contribution in [3.8, 4) is 77.9 Å². The molecule has 78 heavy (non-hydrogen) atoms. The predicted octanol–water partition coefficient (Wildman–Crippen LogP) is 22.0. The monoisotopic (exact) mass is 988 g/mol. The average Bonchev–Trinajstić information content (AvgIpc) is 3.68. The van der Waals surface area contributed by atoms with E-state index in [4.69, 9.17) is 0 Å². The van der Waals surface area contributed by atoms with Crippen molar-refractivity contribution >= 4 is 64.6 Å². The third-order valence-electron chi connectivity index (χ3n) is 15.7. The van der Waals surface area contributed by atoms with Gasteiger partial charge in [-0.1, -0.05) is 309 Å². The van der Waals surface area contributed by atoms with E-state index in [2.05, 4.69) is 315 Å². The molecule has 0 spiro atoms. The molecule has 15 aromatic carbocycles. The van der Waals surface area contributed by atoms with E-state index in [-0.39, 0.29) is 0 Å². The molecular formula is C78H52. The van der Waals surface area contributed by atoms with E-state index in [0.717, 1.165) is 0 Å². The van der Waals surface area contributed by atoms with Crippen LogP contribution in [0.25, 0.3) is 143 Å². The van der Waals surface area contributed by atoms with Crippen LogP contribution in [-0.2, 0) is 0 Å². The largest absolute Gasteiger partial charge is 0.0622 e. The zero-order valence-corrected chi connectivity index (χ0v) is 43.0. The molecule has 0 unspecified atom stereocenters. The topological polar surface area (TPSA) is 0 Å². The van der Waals surface area contributed by atoms with Crippen LogP contribution in [0.2, 0.25) is 0 Å². The molecule has 0 saturated carbocycles. The number of hydrogen-bond acceptors (Lipinski definition) is 0. The fourth-order valence-corrected chi connectivity index (χ4v) is 12.2. The first-order chi connectivity index (χ1) is 38.7. The molecule has 0 heterocycles. The summed E-state index contributed by atoms with van der Waals surface area (Å²) in [7, 11) is 0. The molecular weight excluding hydrogens is 937 g/mol. The molecule has 0 saturated heterocycles. The fraction of sp³-hybridized carbons (Fsp3) is 0. The lowest BCUT2D eigenvalue weighted by molar-refractivity contribution is 1.60. The van der Waals surface area contributed by atoms with Crippen molar-refractivity contribution < 1.29 is 0 Å². The summed E-state index contributed by atoms with van der Waals surface area (Å²) in [4.78, 5) is 0. The zero-order valence-electron chi connectivity index (χ0n) is 43.0. The van der Waals surface area contributed by atoms with E-state index in [1.165, 1.54) is 143 Å². The molecule has 0 nitrogen and oxygen atoms in total. The molecule has 0 radical (unpaired) electrons. The van der Waals surface area contributed by atoms with Gasteiger partial charge in [-0.05, 0) is 149 Å². The summed E-state index contributed by atoms with van der Waals surface area (Å²) < 4.78 is 0. The predicted molar refractivity (Wildman–Crippen MR) is 336 cm³/mol. The molecule has 0 aliphatic heterocycles. The van der Waals surface area contributed by atoms with Crippen molar-refractivity contribution in [3.05, 3.63) is 315 Å². The molecule has 0 N–H and O–H groups in total. The number of benzene rings is 15. The Morgan fingerprint density at radius 1 is 0.128 bits per heavy atom. The second-order valence-electron chi connectivity index (χ2n) is 20.2. The molecule has 15 rings (SSSR count). The molecule has 0 fully saturated rings. The van der Waals surface area contributed by atoms with Gasteiger partial charge < -0.3 is 0 Å². The van der Waals surface area contributed by atoms with Crippen LogP contribution in [0.15, 0.2) is 315 Å². The van der Waals surface area contributed by atoms with Crippen molar-refractivity contribution in [2.75, 3.05) is 0 Å². The van der Waals surface area contributed by atoms with Crippen LogP contribution in [0.3, 0.4) is 0 Å². The van der Waals surface area contributed by atoms with Crippen molar-refractivity contribution in [1.82, 2.24) is 0 Å². The second-order valence-corrected chi connectivity index (χ2v) is 20.2. The van der Waals surface area contributed by atoms with Crippen molar-refractivity contribution in [2.24, 2.45) is 0 Å². The standard InChI is InChI=1S/C40H26.C38H26/c1-2-12-27(13-3-1)31-15-6-7-17-33(31)40-36-20-10-8-18-34(36)39(35-19-9-11-21-37(35)40)30-25-24-29-23-22-28-14-4-5-16-32(28)38(29)26-30;1-3-13-27(14-4-1)28-23-25-30(26-24-28)37-33-19-9-11-21-35(33)38(36-22-12-10-20-34(36)37)32-18-8-7-17-31(32)29-15-5-2-6-16-29/h1-26H;1-26H.